The first kappa shape index (κ1) is 20.0. The summed E-state index contributed by atoms with van der Waals surface area (Å²) in [6.07, 6.45) is 12.0. The molecule has 5 atom stereocenters. The summed E-state index contributed by atoms with van der Waals surface area (Å²) in [4.78, 5) is 10.5. The Kier molecular flexibility index (Phi) is 7.97. The van der Waals surface area contributed by atoms with Crippen molar-refractivity contribution in [1.29, 1.82) is 0 Å². The number of aliphatic hydroxyl groups is 2. The van der Waals surface area contributed by atoms with Crippen molar-refractivity contribution in [3.05, 3.63) is 24.0 Å². The fourth-order valence-electron chi connectivity index (χ4n) is 3.86. The Hall–Kier alpha value is -1.33. The van der Waals surface area contributed by atoms with Gasteiger partial charge in [0.15, 0.2) is 0 Å². The summed E-state index contributed by atoms with van der Waals surface area (Å²) in [5.74, 6) is 0.429. The lowest BCUT2D eigenvalue weighted by Crippen LogP contribution is -2.18. The highest BCUT2D eigenvalue weighted by atomic mass is 16.5. The summed E-state index contributed by atoms with van der Waals surface area (Å²) in [5, 5.41) is 29.0. The van der Waals surface area contributed by atoms with E-state index < -0.39 is 18.2 Å². The molecule has 1 aliphatic heterocycles. The maximum atomic E-state index is 10.5. The van der Waals surface area contributed by atoms with E-state index in [-0.39, 0.29) is 24.4 Å². The third-order valence-corrected chi connectivity index (χ3v) is 5.26. The highest BCUT2D eigenvalue weighted by Gasteiger charge is 2.46. The third kappa shape index (κ3) is 6.15. The van der Waals surface area contributed by atoms with Gasteiger partial charge in [-0.3, -0.25) is 4.79 Å². The van der Waals surface area contributed by atoms with Gasteiger partial charge in [0.2, 0.25) is 0 Å². The van der Waals surface area contributed by atoms with Gasteiger partial charge in [0.1, 0.15) is 6.10 Å². The fourth-order valence-corrected chi connectivity index (χ4v) is 3.86. The maximum Gasteiger partial charge on any atom is 0.303 e. The van der Waals surface area contributed by atoms with Crippen LogP contribution in [-0.4, -0.2) is 39.6 Å². The van der Waals surface area contributed by atoms with Crippen molar-refractivity contribution >= 4 is 5.97 Å². The highest BCUT2D eigenvalue weighted by Crippen LogP contribution is 2.45. The summed E-state index contributed by atoms with van der Waals surface area (Å²) >= 11 is 0. The lowest BCUT2D eigenvalue weighted by Gasteiger charge is -2.16. The van der Waals surface area contributed by atoms with E-state index in [2.05, 4.69) is 6.92 Å². The van der Waals surface area contributed by atoms with E-state index in [1.54, 1.807) is 0 Å². The predicted octanol–water partition coefficient (Wildman–Crippen LogP) is 3.41. The van der Waals surface area contributed by atoms with Crippen molar-refractivity contribution in [3.8, 4) is 0 Å². The zero-order valence-electron chi connectivity index (χ0n) is 15.1. The molecule has 0 aromatic rings. The topological polar surface area (TPSA) is 87.0 Å². The molecule has 5 heteroatoms. The lowest BCUT2D eigenvalue weighted by molar-refractivity contribution is -0.137. The molecule has 0 aromatic heterocycles. The van der Waals surface area contributed by atoms with E-state index in [4.69, 9.17) is 9.84 Å². The van der Waals surface area contributed by atoms with E-state index in [0.29, 0.717) is 19.3 Å². The molecule has 0 bridgehead atoms. The largest absolute Gasteiger partial charge is 0.495 e. The molecule has 0 aromatic carbocycles. The number of carboxylic acid groups (broad SMARTS) is 1. The normalized spacial score (nSPS) is 31.4. The summed E-state index contributed by atoms with van der Waals surface area (Å²) in [7, 11) is 0. The number of hydrogen-bond donors (Lipinski definition) is 3. The third-order valence-electron chi connectivity index (χ3n) is 5.26. The van der Waals surface area contributed by atoms with Gasteiger partial charge >= 0.3 is 5.97 Å². The highest BCUT2D eigenvalue weighted by molar-refractivity contribution is 5.66. The van der Waals surface area contributed by atoms with Crippen molar-refractivity contribution < 1.29 is 24.9 Å². The van der Waals surface area contributed by atoms with E-state index in [9.17, 15) is 15.0 Å². The van der Waals surface area contributed by atoms with Crippen LogP contribution in [0.3, 0.4) is 0 Å². The van der Waals surface area contributed by atoms with E-state index in [0.717, 1.165) is 37.9 Å². The number of unbranched alkanes of at least 4 members (excludes halogenated alkanes) is 3. The molecule has 3 N–H and O–H groups in total. The van der Waals surface area contributed by atoms with Gasteiger partial charge in [0, 0.05) is 31.1 Å². The standard InChI is InChI=1S/C20H32O5/c1-2-3-4-7-14(21)10-11-16-17-12-15(8-5-6-9-20(23)24)25-19(17)13-18(16)22/h8,10-11,14,16-19,21-22H,2-7,9,12-13H2,1H3,(H,23,24)/t14?,16-,17-,18-,19+/m1/s1. The second-order valence-electron chi connectivity index (χ2n) is 7.31. The number of rotatable bonds is 10. The van der Waals surface area contributed by atoms with Crippen LogP contribution in [0.15, 0.2) is 24.0 Å². The van der Waals surface area contributed by atoms with Gasteiger partial charge in [-0.05, 0) is 25.3 Å². The Morgan fingerprint density at radius 3 is 2.88 bits per heavy atom. The molecule has 1 saturated carbocycles. The molecule has 0 spiro atoms. The maximum absolute atomic E-state index is 10.5. The molecule has 142 valence electrons. The molecule has 2 fully saturated rings. The van der Waals surface area contributed by atoms with Gasteiger partial charge in [0.25, 0.3) is 0 Å². The summed E-state index contributed by atoms with van der Waals surface area (Å²) in [6.45, 7) is 2.14. The van der Waals surface area contributed by atoms with Crippen molar-refractivity contribution in [1.82, 2.24) is 0 Å². The van der Waals surface area contributed by atoms with E-state index in [1.807, 2.05) is 18.2 Å². The molecule has 25 heavy (non-hydrogen) atoms. The number of fused-ring (bicyclic) bond motifs is 1. The average Bonchev–Trinajstić information content (AvgIpc) is 3.06. The van der Waals surface area contributed by atoms with Crippen LogP contribution in [0.5, 0.6) is 0 Å². The molecular formula is C20H32O5. The molecule has 0 radical (unpaired) electrons. The Morgan fingerprint density at radius 2 is 2.16 bits per heavy atom. The second-order valence-corrected chi connectivity index (χ2v) is 7.31. The van der Waals surface area contributed by atoms with Crippen LogP contribution in [0.1, 0.15) is 64.7 Å². The van der Waals surface area contributed by atoms with Gasteiger partial charge < -0.3 is 20.1 Å². The zero-order chi connectivity index (χ0) is 18.2. The van der Waals surface area contributed by atoms with Crippen molar-refractivity contribution in [2.45, 2.75) is 83.0 Å². The first-order valence-electron chi connectivity index (χ1n) is 9.63. The Morgan fingerprint density at radius 1 is 1.36 bits per heavy atom. The van der Waals surface area contributed by atoms with Crippen molar-refractivity contribution in [2.24, 2.45) is 11.8 Å². The summed E-state index contributed by atoms with van der Waals surface area (Å²) in [5.41, 5.74) is 0. The Labute approximate surface area is 150 Å². The number of ether oxygens (including phenoxy) is 1. The smallest absolute Gasteiger partial charge is 0.303 e. The first-order valence-corrected chi connectivity index (χ1v) is 9.63. The van der Waals surface area contributed by atoms with Crippen LogP contribution in [0.2, 0.25) is 0 Å². The van der Waals surface area contributed by atoms with Crippen LogP contribution in [-0.2, 0) is 9.53 Å². The minimum atomic E-state index is -0.770. The molecule has 2 rings (SSSR count). The molecule has 0 amide bonds. The fraction of sp³-hybridized carbons (Fsp3) is 0.750. The number of carboxylic acids is 1. The number of carbonyl (C=O) groups is 1. The van der Waals surface area contributed by atoms with Gasteiger partial charge in [0.05, 0.1) is 18.0 Å². The van der Waals surface area contributed by atoms with Crippen LogP contribution >= 0.6 is 0 Å². The monoisotopic (exact) mass is 352 g/mol. The summed E-state index contributed by atoms with van der Waals surface area (Å²) < 4.78 is 5.94. The van der Waals surface area contributed by atoms with Gasteiger partial charge in [-0.15, -0.1) is 0 Å². The number of allylic oxidation sites excluding steroid dienone is 2. The average molecular weight is 352 g/mol. The lowest BCUT2D eigenvalue weighted by atomic mass is 9.90. The molecule has 1 aliphatic carbocycles. The molecule has 1 saturated heterocycles. The minimum Gasteiger partial charge on any atom is -0.495 e. The van der Waals surface area contributed by atoms with E-state index >= 15 is 0 Å². The van der Waals surface area contributed by atoms with Crippen molar-refractivity contribution in [3.63, 3.8) is 0 Å². The van der Waals surface area contributed by atoms with Crippen LogP contribution in [0.4, 0.5) is 0 Å². The number of aliphatic hydroxyl groups excluding tert-OH is 2. The minimum absolute atomic E-state index is 0.0238. The van der Waals surface area contributed by atoms with Crippen molar-refractivity contribution in [2.75, 3.05) is 0 Å². The zero-order valence-corrected chi connectivity index (χ0v) is 15.1. The SMILES string of the molecule is CCCCCC(O)C=C[C@@H]1[C@H]2CC(=CCCCC(=O)O)O[C@H]2C[C@H]1O. The molecule has 5 nitrogen and oxygen atoms in total. The molecule has 2 aliphatic rings. The van der Waals surface area contributed by atoms with Gasteiger partial charge in [-0.25, -0.2) is 0 Å². The molecule has 1 heterocycles. The first-order chi connectivity index (χ1) is 12.0. The number of hydrogen-bond acceptors (Lipinski definition) is 4. The van der Waals surface area contributed by atoms with E-state index in [1.165, 1.54) is 0 Å². The van der Waals surface area contributed by atoms with Gasteiger partial charge in [-0.2, -0.15) is 0 Å². The quantitative estimate of drug-likeness (QED) is 0.414. The van der Waals surface area contributed by atoms with Gasteiger partial charge in [-0.1, -0.05) is 38.3 Å². The predicted molar refractivity (Wildman–Crippen MR) is 96.0 cm³/mol. The van der Waals surface area contributed by atoms with Crippen LogP contribution in [0.25, 0.3) is 0 Å². The Balaban J connectivity index is 1.83. The Bertz CT molecular complexity index is 484. The molecular weight excluding hydrogens is 320 g/mol. The van der Waals surface area contributed by atoms with Crippen LogP contribution in [0, 0.1) is 11.8 Å². The summed E-state index contributed by atoms with van der Waals surface area (Å²) in [6, 6.07) is 0. The second kappa shape index (κ2) is 9.97. The molecule has 1 unspecified atom stereocenters. The van der Waals surface area contributed by atoms with Crippen LogP contribution < -0.4 is 0 Å². The number of aliphatic carboxylic acids is 1.